The second kappa shape index (κ2) is 7.93. The Bertz CT molecular complexity index is 563. The van der Waals surface area contributed by atoms with Crippen molar-refractivity contribution < 1.29 is 4.74 Å². The topological polar surface area (TPSA) is 57.9 Å². The van der Waals surface area contributed by atoms with Gasteiger partial charge in [0.15, 0.2) is 0 Å². The molecule has 0 aliphatic heterocycles. The molecule has 0 spiro atoms. The van der Waals surface area contributed by atoms with Gasteiger partial charge in [0, 0.05) is 12.7 Å². The third kappa shape index (κ3) is 4.38. The Kier molecular flexibility index (Phi) is 5.56. The molecule has 4 heteroatoms. The van der Waals surface area contributed by atoms with E-state index in [-0.39, 0.29) is 0 Å². The lowest BCUT2D eigenvalue weighted by atomic mass is 10.2. The summed E-state index contributed by atoms with van der Waals surface area (Å²) in [5, 5.41) is 12.3. The third-order valence-electron chi connectivity index (χ3n) is 2.80. The maximum Gasteiger partial charge on any atom is 0.231 e. The average molecular weight is 267 g/mol. The van der Waals surface area contributed by atoms with Crippen molar-refractivity contribution in [2.45, 2.75) is 13.0 Å². The largest absolute Gasteiger partial charge is 0.477 e. The van der Waals surface area contributed by atoms with E-state index in [1.807, 2.05) is 18.2 Å². The first-order chi connectivity index (χ1) is 9.90. The number of nitriles is 1. The van der Waals surface area contributed by atoms with Crippen LogP contribution in [0.5, 0.6) is 5.88 Å². The van der Waals surface area contributed by atoms with E-state index in [4.69, 9.17) is 10.00 Å². The first-order valence-electron chi connectivity index (χ1n) is 6.62. The lowest BCUT2D eigenvalue weighted by Crippen LogP contribution is -2.17. The molecular weight excluding hydrogens is 250 g/mol. The molecule has 1 N–H and O–H groups in total. The van der Waals surface area contributed by atoms with Gasteiger partial charge in [0.1, 0.15) is 11.6 Å². The minimum absolute atomic E-state index is 0.415. The molecule has 2 rings (SSSR count). The van der Waals surface area contributed by atoms with Gasteiger partial charge in [-0.3, -0.25) is 0 Å². The fourth-order valence-corrected chi connectivity index (χ4v) is 1.79. The number of ether oxygens (including phenoxy) is 1. The van der Waals surface area contributed by atoms with Crippen LogP contribution in [-0.4, -0.2) is 18.1 Å². The zero-order valence-corrected chi connectivity index (χ0v) is 11.2. The van der Waals surface area contributed by atoms with Crippen molar-refractivity contribution in [2.24, 2.45) is 0 Å². The summed E-state index contributed by atoms with van der Waals surface area (Å²) in [7, 11) is 0. The summed E-state index contributed by atoms with van der Waals surface area (Å²) in [4.78, 5) is 4.05. The van der Waals surface area contributed by atoms with Crippen LogP contribution in [0.2, 0.25) is 0 Å². The van der Waals surface area contributed by atoms with Gasteiger partial charge in [-0.05, 0) is 30.7 Å². The van der Waals surface area contributed by atoms with Crippen LogP contribution in [0.25, 0.3) is 0 Å². The summed E-state index contributed by atoms with van der Waals surface area (Å²) >= 11 is 0. The van der Waals surface area contributed by atoms with Crippen LogP contribution in [0.1, 0.15) is 17.5 Å². The molecule has 1 heterocycles. The van der Waals surface area contributed by atoms with Crippen LogP contribution in [0.15, 0.2) is 48.7 Å². The van der Waals surface area contributed by atoms with Crippen LogP contribution in [-0.2, 0) is 6.54 Å². The number of aromatic nitrogens is 1. The number of pyridine rings is 1. The van der Waals surface area contributed by atoms with Crippen LogP contribution in [0, 0.1) is 11.3 Å². The first-order valence-corrected chi connectivity index (χ1v) is 6.62. The van der Waals surface area contributed by atoms with Gasteiger partial charge in [0.2, 0.25) is 5.88 Å². The van der Waals surface area contributed by atoms with E-state index in [0.29, 0.717) is 18.1 Å². The predicted octanol–water partition coefficient (Wildman–Crippen LogP) is 2.51. The van der Waals surface area contributed by atoms with Gasteiger partial charge in [-0.15, -0.1) is 0 Å². The second-order valence-corrected chi connectivity index (χ2v) is 4.33. The Labute approximate surface area is 119 Å². The summed E-state index contributed by atoms with van der Waals surface area (Å²) in [5.41, 5.74) is 1.75. The molecule has 0 saturated heterocycles. The molecule has 0 bridgehead atoms. The number of nitrogens with one attached hydrogen (secondary N) is 1. The van der Waals surface area contributed by atoms with Crippen molar-refractivity contribution in [1.82, 2.24) is 10.3 Å². The molecule has 4 nitrogen and oxygen atoms in total. The quantitative estimate of drug-likeness (QED) is 0.783. The van der Waals surface area contributed by atoms with E-state index < -0.39 is 0 Å². The molecule has 0 aliphatic carbocycles. The van der Waals surface area contributed by atoms with E-state index in [2.05, 4.69) is 28.5 Å². The van der Waals surface area contributed by atoms with Crippen molar-refractivity contribution in [3.63, 3.8) is 0 Å². The summed E-state index contributed by atoms with van der Waals surface area (Å²) in [5.74, 6) is 0.415. The molecule has 0 amide bonds. The molecule has 102 valence electrons. The Morgan fingerprint density at radius 1 is 1.15 bits per heavy atom. The van der Waals surface area contributed by atoms with Gasteiger partial charge in [0.05, 0.1) is 6.61 Å². The van der Waals surface area contributed by atoms with Gasteiger partial charge in [-0.25, -0.2) is 4.98 Å². The van der Waals surface area contributed by atoms with Gasteiger partial charge in [-0.1, -0.05) is 30.3 Å². The van der Waals surface area contributed by atoms with Crippen molar-refractivity contribution >= 4 is 0 Å². The van der Waals surface area contributed by atoms with Gasteiger partial charge < -0.3 is 10.1 Å². The Morgan fingerprint density at radius 2 is 2.00 bits per heavy atom. The summed E-state index contributed by atoms with van der Waals surface area (Å²) in [6, 6.07) is 15.8. The van der Waals surface area contributed by atoms with Crippen LogP contribution < -0.4 is 10.1 Å². The first kappa shape index (κ1) is 14.0. The van der Waals surface area contributed by atoms with Crippen molar-refractivity contribution in [3.05, 3.63) is 59.8 Å². The normalized spacial score (nSPS) is 9.95. The molecule has 2 aromatic rings. The molecule has 0 aliphatic rings. The molecule has 0 radical (unpaired) electrons. The Hall–Kier alpha value is -2.38. The second-order valence-electron chi connectivity index (χ2n) is 4.33. The Morgan fingerprint density at radius 3 is 2.80 bits per heavy atom. The number of benzene rings is 1. The van der Waals surface area contributed by atoms with Gasteiger partial charge in [0.25, 0.3) is 0 Å². The zero-order chi connectivity index (χ0) is 14.0. The molecule has 1 aromatic carbocycles. The fraction of sp³-hybridized carbons (Fsp3) is 0.250. The molecule has 1 aromatic heterocycles. The van der Waals surface area contributed by atoms with Crippen molar-refractivity contribution in [2.75, 3.05) is 13.2 Å². The minimum atomic E-state index is 0.415. The van der Waals surface area contributed by atoms with E-state index in [9.17, 15) is 0 Å². The van der Waals surface area contributed by atoms with E-state index >= 15 is 0 Å². The summed E-state index contributed by atoms with van der Waals surface area (Å²) < 4.78 is 5.51. The molecule has 0 fully saturated rings. The number of nitrogens with zero attached hydrogens (tertiary/aromatic N) is 2. The number of rotatable bonds is 7. The van der Waals surface area contributed by atoms with Crippen LogP contribution in [0.4, 0.5) is 0 Å². The minimum Gasteiger partial charge on any atom is -0.477 e. The van der Waals surface area contributed by atoms with E-state index in [1.165, 1.54) is 5.56 Å². The van der Waals surface area contributed by atoms with Gasteiger partial charge in [-0.2, -0.15) is 5.26 Å². The maximum atomic E-state index is 8.90. The fourth-order valence-electron chi connectivity index (χ4n) is 1.79. The predicted molar refractivity (Wildman–Crippen MR) is 77.2 cm³/mol. The maximum absolute atomic E-state index is 8.90. The van der Waals surface area contributed by atoms with E-state index in [0.717, 1.165) is 19.5 Å². The standard InChI is InChI=1S/C16H17N3O/c17-12-15-8-4-10-19-16(15)20-11-5-9-18-13-14-6-2-1-3-7-14/h1-4,6-8,10,18H,5,9,11,13H2. The lowest BCUT2D eigenvalue weighted by Gasteiger charge is -2.07. The SMILES string of the molecule is N#Cc1cccnc1OCCCNCc1ccccc1. The highest BCUT2D eigenvalue weighted by Gasteiger charge is 2.02. The van der Waals surface area contributed by atoms with Gasteiger partial charge >= 0.3 is 0 Å². The molecule has 0 unspecified atom stereocenters. The van der Waals surface area contributed by atoms with Crippen LogP contribution >= 0.6 is 0 Å². The third-order valence-corrected chi connectivity index (χ3v) is 2.80. The monoisotopic (exact) mass is 267 g/mol. The highest BCUT2D eigenvalue weighted by molar-refractivity contribution is 5.36. The summed E-state index contributed by atoms with van der Waals surface area (Å²) in [6.07, 6.45) is 2.50. The smallest absolute Gasteiger partial charge is 0.231 e. The van der Waals surface area contributed by atoms with Crippen molar-refractivity contribution in [3.8, 4) is 11.9 Å². The molecule has 0 saturated carbocycles. The highest BCUT2D eigenvalue weighted by Crippen LogP contribution is 2.12. The molecular formula is C16H17N3O. The lowest BCUT2D eigenvalue weighted by molar-refractivity contribution is 0.296. The zero-order valence-electron chi connectivity index (χ0n) is 11.2. The van der Waals surface area contributed by atoms with E-state index in [1.54, 1.807) is 18.3 Å². The average Bonchev–Trinajstić information content (AvgIpc) is 2.52. The Balaban J connectivity index is 1.64. The summed E-state index contributed by atoms with van der Waals surface area (Å²) in [6.45, 7) is 2.27. The molecule has 0 atom stereocenters. The highest BCUT2D eigenvalue weighted by atomic mass is 16.5. The van der Waals surface area contributed by atoms with Crippen molar-refractivity contribution in [1.29, 1.82) is 5.26 Å². The number of hydrogen-bond acceptors (Lipinski definition) is 4. The van der Waals surface area contributed by atoms with Crippen LogP contribution in [0.3, 0.4) is 0 Å². The molecule has 20 heavy (non-hydrogen) atoms. The number of hydrogen-bond donors (Lipinski definition) is 1.